The molecule has 1 aromatic rings. The first-order chi connectivity index (χ1) is 7.65. The minimum atomic E-state index is -0.946. The lowest BCUT2D eigenvalue weighted by atomic mass is 10.3. The Morgan fingerprint density at radius 2 is 2.19 bits per heavy atom. The normalized spacial score (nSPS) is 9.94. The molecule has 1 rings (SSSR count). The zero-order valence-corrected chi connectivity index (χ0v) is 9.54. The first-order valence-corrected chi connectivity index (χ1v) is 5.03. The van der Waals surface area contributed by atoms with Crippen LogP contribution in [0.15, 0.2) is 18.2 Å². The van der Waals surface area contributed by atoms with E-state index >= 15 is 0 Å². The third kappa shape index (κ3) is 3.71. The number of anilines is 1. The van der Waals surface area contributed by atoms with Crippen molar-refractivity contribution in [3.05, 3.63) is 29.8 Å². The fraction of sp³-hybridized carbons (Fsp3) is 0.300. The van der Waals surface area contributed by atoms with Gasteiger partial charge in [0.15, 0.2) is 16.7 Å². The van der Waals surface area contributed by atoms with E-state index in [1.165, 1.54) is 12.1 Å². The van der Waals surface area contributed by atoms with Crippen molar-refractivity contribution < 1.29 is 13.5 Å². The van der Waals surface area contributed by atoms with Gasteiger partial charge >= 0.3 is 0 Å². The molecule has 0 heterocycles. The van der Waals surface area contributed by atoms with E-state index in [0.717, 1.165) is 6.07 Å². The number of benzene rings is 1. The van der Waals surface area contributed by atoms with E-state index in [2.05, 4.69) is 10.6 Å². The summed E-state index contributed by atoms with van der Waals surface area (Å²) in [6.07, 6.45) is 0. The molecule has 0 spiro atoms. The molecule has 1 aromatic carbocycles. The van der Waals surface area contributed by atoms with Crippen LogP contribution < -0.4 is 10.6 Å². The number of halogens is 2. The molecule has 16 heavy (non-hydrogen) atoms. The van der Waals surface area contributed by atoms with Gasteiger partial charge in [-0.3, -0.25) is 0 Å². The molecule has 0 aliphatic carbocycles. The van der Waals surface area contributed by atoms with E-state index in [1.807, 2.05) is 0 Å². The van der Waals surface area contributed by atoms with E-state index in [9.17, 15) is 8.78 Å². The molecule has 0 aliphatic heterocycles. The number of methoxy groups -OCH3 is 1. The maximum Gasteiger partial charge on any atom is 0.182 e. The zero-order chi connectivity index (χ0) is 12.0. The second-order valence-electron chi connectivity index (χ2n) is 2.98. The van der Waals surface area contributed by atoms with Crippen molar-refractivity contribution in [1.82, 2.24) is 5.32 Å². The van der Waals surface area contributed by atoms with Gasteiger partial charge in [0.2, 0.25) is 0 Å². The Labute approximate surface area is 97.8 Å². The average molecular weight is 246 g/mol. The van der Waals surface area contributed by atoms with Crippen LogP contribution in [0.3, 0.4) is 0 Å². The van der Waals surface area contributed by atoms with Crippen molar-refractivity contribution in [1.29, 1.82) is 0 Å². The summed E-state index contributed by atoms with van der Waals surface area (Å²) in [5.74, 6) is -1.86. The van der Waals surface area contributed by atoms with Crippen LogP contribution in [0, 0.1) is 11.6 Å². The number of rotatable bonds is 4. The lowest BCUT2D eigenvalue weighted by Crippen LogP contribution is -2.31. The smallest absolute Gasteiger partial charge is 0.182 e. The van der Waals surface area contributed by atoms with Crippen LogP contribution in [0.5, 0.6) is 0 Å². The molecular weight excluding hydrogens is 234 g/mol. The topological polar surface area (TPSA) is 33.3 Å². The van der Waals surface area contributed by atoms with Crippen LogP contribution >= 0.6 is 12.2 Å². The monoisotopic (exact) mass is 246 g/mol. The Hall–Kier alpha value is -1.27. The quantitative estimate of drug-likeness (QED) is 0.628. The van der Waals surface area contributed by atoms with Crippen LogP contribution in [0.1, 0.15) is 0 Å². The van der Waals surface area contributed by atoms with Gasteiger partial charge in [-0.2, -0.15) is 0 Å². The lowest BCUT2D eigenvalue weighted by Gasteiger charge is -2.10. The maximum absolute atomic E-state index is 13.2. The van der Waals surface area contributed by atoms with Crippen molar-refractivity contribution >= 4 is 23.0 Å². The first-order valence-electron chi connectivity index (χ1n) is 4.63. The summed E-state index contributed by atoms with van der Waals surface area (Å²) >= 11 is 4.89. The van der Waals surface area contributed by atoms with Crippen LogP contribution in [0.4, 0.5) is 14.5 Å². The lowest BCUT2D eigenvalue weighted by molar-refractivity contribution is 0.204. The van der Waals surface area contributed by atoms with Gasteiger partial charge in [-0.25, -0.2) is 8.78 Å². The molecule has 0 bridgehead atoms. The van der Waals surface area contributed by atoms with Gasteiger partial charge < -0.3 is 15.4 Å². The second-order valence-corrected chi connectivity index (χ2v) is 3.38. The summed E-state index contributed by atoms with van der Waals surface area (Å²) < 4.78 is 30.8. The number of ether oxygens (including phenoxy) is 1. The van der Waals surface area contributed by atoms with Crippen molar-refractivity contribution in [3.8, 4) is 0 Å². The van der Waals surface area contributed by atoms with Crippen LogP contribution in [-0.2, 0) is 4.74 Å². The summed E-state index contributed by atoms with van der Waals surface area (Å²) in [4.78, 5) is 0. The number of hydrogen-bond acceptors (Lipinski definition) is 2. The molecule has 0 aromatic heterocycles. The highest BCUT2D eigenvalue weighted by Crippen LogP contribution is 2.16. The third-order valence-corrected chi connectivity index (χ3v) is 2.04. The van der Waals surface area contributed by atoms with Crippen LogP contribution in [0.2, 0.25) is 0 Å². The Morgan fingerprint density at radius 1 is 1.44 bits per heavy atom. The van der Waals surface area contributed by atoms with Crippen molar-refractivity contribution in [2.45, 2.75) is 0 Å². The predicted octanol–water partition coefficient (Wildman–Crippen LogP) is 1.90. The molecule has 0 amide bonds. The molecule has 0 fully saturated rings. The minimum absolute atomic E-state index is 0.00918. The van der Waals surface area contributed by atoms with Crippen molar-refractivity contribution in [3.63, 3.8) is 0 Å². The van der Waals surface area contributed by atoms with Crippen molar-refractivity contribution in [2.24, 2.45) is 0 Å². The Balaban J connectivity index is 2.53. The molecule has 0 atom stereocenters. The molecular formula is C10H12F2N2OS. The van der Waals surface area contributed by atoms with Crippen LogP contribution in [0.25, 0.3) is 0 Å². The molecule has 3 nitrogen and oxygen atoms in total. The van der Waals surface area contributed by atoms with Gasteiger partial charge in [-0.05, 0) is 24.4 Å². The summed E-state index contributed by atoms with van der Waals surface area (Å²) in [5.41, 5.74) is 0.00918. The third-order valence-electron chi connectivity index (χ3n) is 1.79. The SMILES string of the molecule is COCCNC(=S)Nc1cccc(F)c1F. The highest BCUT2D eigenvalue weighted by molar-refractivity contribution is 7.80. The second kappa shape index (κ2) is 6.34. The molecule has 0 radical (unpaired) electrons. The molecule has 0 saturated heterocycles. The van der Waals surface area contributed by atoms with E-state index in [-0.39, 0.29) is 10.8 Å². The summed E-state index contributed by atoms with van der Waals surface area (Å²) in [5, 5.41) is 5.57. The fourth-order valence-corrected chi connectivity index (χ4v) is 1.25. The maximum atomic E-state index is 13.2. The van der Waals surface area contributed by atoms with Gasteiger partial charge in [-0.15, -0.1) is 0 Å². The van der Waals surface area contributed by atoms with E-state index in [0.29, 0.717) is 13.2 Å². The Morgan fingerprint density at radius 3 is 2.88 bits per heavy atom. The molecule has 0 unspecified atom stereocenters. The molecule has 6 heteroatoms. The standard InChI is InChI=1S/C10H12F2N2OS/c1-15-6-5-13-10(16)14-8-4-2-3-7(11)9(8)12/h2-4H,5-6H2,1H3,(H2,13,14,16). The van der Waals surface area contributed by atoms with E-state index in [4.69, 9.17) is 17.0 Å². The molecule has 88 valence electrons. The van der Waals surface area contributed by atoms with E-state index in [1.54, 1.807) is 7.11 Å². The van der Waals surface area contributed by atoms with Gasteiger partial charge in [0.1, 0.15) is 0 Å². The molecule has 2 N–H and O–H groups in total. The average Bonchev–Trinajstić information content (AvgIpc) is 2.25. The largest absolute Gasteiger partial charge is 0.383 e. The highest BCUT2D eigenvalue weighted by Gasteiger charge is 2.08. The summed E-state index contributed by atoms with van der Waals surface area (Å²) in [6.45, 7) is 0.979. The Bertz CT molecular complexity index is 374. The first kappa shape index (κ1) is 12.8. The highest BCUT2D eigenvalue weighted by atomic mass is 32.1. The van der Waals surface area contributed by atoms with E-state index < -0.39 is 11.6 Å². The molecule has 0 aliphatic rings. The summed E-state index contributed by atoms with van der Waals surface area (Å²) in [7, 11) is 1.56. The van der Waals surface area contributed by atoms with Gasteiger partial charge in [0, 0.05) is 13.7 Å². The van der Waals surface area contributed by atoms with Crippen LogP contribution in [-0.4, -0.2) is 25.4 Å². The zero-order valence-electron chi connectivity index (χ0n) is 8.72. The van der Waals surface area contributed by atoms with Gasteiger partial charge in [0.25, 0.3) is 0 Å². The number of thiocarbonyl (C=S) groups is 1. The van der Waals surface area contributed by atoms with Gasteiger partial charge in [-0.1, -0.05) is 6.07 Å². The fourth-order valence-electron chi connectivity index (χ4n) is 1.03. The predicted molar refractivity (Wildman–Crippen MR) is 62.5 cm³/mol. The molecule has 0 saturated carbocycles. The van der Waals surface area contributed by atoms with Crippen molar-refractivity contribution in [2.75, 3.05) is 25.6 Å². The number of nitrogens with one attached hydrogen (secondary N) is 2. The Kier molecular flexibility index (Phi) is 5.07. The summed E-state index contributed by atoms with van der Waals surface area (Å²) in [6, 6.07) is 3.85. The minimum Gasteiger partial charge on any atom is -0.383 e. The number of hydrogen-bond donors (Lipinski definition) is 2. The van der Waals surface area contributed by atoms with Gasteiger partial charge in [0.05, 0.1) is 12.3 Å².